The summed E-state index contributed by atoms with van der Waals surface area (Å²) >= 11 is 18.3. The van der Waals surface area contributed by atoms with Gasteiger partial charge in [-0.15, -0.1) is 0 Å². The summed E-state index contributed by atoms with van der Waals surface area (Å²) in [5, 5.41) is 13.3. The van der Waals surface area contributed by atoms with E-state index in [-0.39, 0.29) is 12.2 Å². The molecule has 8 heteroatoms. The van der Waals surface area contributed by atoms with Crippen molar-refractivity contribution in [2.75, 3.05) is 12.4 Å². The minimum Gasteiger partial charge on any atom is -0.497 e. The highest BCUT2D eigenvalue weighted by Crippen LogP contribution is 2.28. The van der Waals surface area contributed by atoms with Crippen LogP contribution in [0.3, 0.4) is 0 Å². The number of ether oxygens (including phenoxy) is 2. The van der Waals surface area contributed by atoms with Crippen LogP contribution in [0.4, 0.5) is 5.69 Å². The number of hydrogen-bond acceptors (Lipinski definition) is 4. The van der Waals surface area contributed by atoms with Gasteiger partial charge in [0.15, 0.2) is 0 Å². The van der Waals surface area contributed by atoms with Crippen LogP contribution in [0.2, 0.25) is 15.1 Å². The lowest BCUT2D eigenvalue weighted by Gasteiger charge is -2.10. The van der Waals surface area contributed by atoms with E-state index in [0.717, 1.165) is 5.56 Å². The number of methoxy groups -OCH3 is 1. The number of benzene rings is 3. The molecule has 0 radical (unpaired) electrons. The monoisotopic (exact) mass is 486 g/mol. The molecule has 0 aliphatic heterocycles. The fourth-order valence-electron chi connectivity index (χ4n) is 2.70. The second kappa shape index (κ2) is 10.9. The summed E-state index contributed by atoms with van der Waals surface area (Å²) in [6.07, 6.45) is 1.45. The van der Waals surface area contributed by atoms with E-state index in [0.29, 0.717) is 37.8 Å². The van der Waals surface area contributed by atoms with Crippen LogP contribution in [0.5, 0.6) is 11.5 Å². The number of nitrogens with zero attached hydrogens (tertiary/aromatic N) is 1. The summed E-state index contributed by atoms with van der Waals surface area (Å²) in [6, 6.07) is 18.9. The zero-order valence-corrected chi connectivity index (χ0v) is 19.1. The van der Waals surface area contributed by atoms with E-state index < -0.39 is 5.91 Å². The Kier molecular flexibility index (Phi) is 8.02. The molecular formula is C24H17Cl3N2O3. The molecule has 0 aliphatic rings. The lowest BCUT2D eigenvalue weighted by Crippen LogP contribution is -2.13. The van der Waals surface area contributed by atoms with Gasteiger partial charge in [-0.05, 0) is 65.7 Å². The summed E-state index contributed by atoms with van der Waals surface area (Å²) in [5.74, 6) is 0.583. The third kappa shape index (κ3) is 6.18. The topological polar surface area (TPSA) is 71.3 Å². The predicted molar refractivity (Wildman–Crippen MR) is 127 cm³/mol. The third-order valence-corrected chi connectivity index (χ3v) is 5.39. The molecule has 0 unspecified atom stereocenters. The maximum absolute atomic E-state index is 12.5. The molecule has 0 saturated heterocycles. The molecule has 32 heavy (non-hydrogen) atoms. The molecule has 0 saturated carbocycles. The number of amides is 1. The van der Waals surface area contributed by atoms with Crippen LogP contribution in [0.15, 0.2) is 66.2 Å². The van der Waals surface area contributed by atoms with E-state index in [9.17, 15) is 10.1 Å². The van der Waals surface area contributed by atoms with Crippen LogP contribution >= 0.6 is 34.8 Å². The van der Waals surface area contributed by atoms with E-state index in [1.54, 1.807) is 67.8 Å². The quantitative estimate of drug-likeness (QED) is 0.294. The van der Waals surface area contributed by atoms with Crippen LogP contribution < -0.4 is 14.8 Å². The van der Waals surface area contributed by atoms with Gasteiger partial charge in [0, 0.05) is 5.69 Å². The lowest BCUT2D eigenvalue weighted by atomic mass is 10.1. The molecule has 0 atom stereocenters. The Labute approximate surface area is 200 Å². The Morgan fingerprint density at radius 2 is 1.75 bits per heavy atom. The minimum atomic E-state index is -0.534. The number of hydrogen-bond donors (Lipinski definition) is 1. The average molecular weight is 488 g/mol. The molecule has 0 spiro atoms. The number of carbonyl (C=O) groups is 1. The van der Waals surface area contributed by atoms with E-state index in [4.69, 9.17) is 44.3 Å². The van der Waals surface area contributed by atoms with Crippen molar-refractivity contribution in [1.82, 2.24) is 0 Å². The van der Waals surface area contributed by atoms with E-state index in [1.165, 1.54) is 6.08 Å². The van der Waals surface area contributed by atoms with Crippen LogP contribution in [0, 0.1) is 11.3 Å². The number of nitriles is 1. The second-order valence-electron chi connectivity index (χ2n) is 6.58. The maximum atomic E-state index is 12.5. The van der Waals surface area contributed by atoms with Crippen molar-refractivity contribution in [2.45, 2.75) is 6.61 Å². The standard InChI is InChI=1S/C24H17Cl3N2O3/c1-31-19-6-4-18(5-7-19)29-24(30)17(13-28)10-15-3-9-23(22(27)11-15)32-14-16-2-8-20(25)21(26)12-16/h2-12H,14H2,1H3,(H,29,30)/b17-10+. The highest BCUT2D eigenvalue weighted by atomic mass is 35.5. The molecule has 0 aromatic heterocycles. The molecule has 0 heterocycles. The molecule has 162 valence electrons. The van der Waals surface area contributed by atoms with Crippen molar-refractivity contribution in [3.8, 4) is 17.6 Å². The van der Waals surface area contributed by atoms with Crippen LogP contribution in [0.25, 0.3) is 6.08 Å². The number of nitrogens with one attached hydrogen (secondary N) is 1. The first kappa shape index (κ1) is 23.5. The van der Waals surface area contributed by atoms with Gasteiger partial charge in [0.05, 0.1) is 22.2 Å². The highest BCUT2D eigenvalue weighted by molar-refractivity contribution is 6.42. The van der Waals surface area contributed by atoms with Crippen molar-refractivity contribution >= 4 is 52.5 Å². The molecule has 3 aromatic rings. The number of carbonyl (C=O) groups excluding carboxylic acids is 1. The van der Waals surface area contributed by atoms with Gasteiger partial charge in [0.25, 0.3) is 5.91 Å². The lowest BCUT2D eigenvalue weighted by molar-refractivity contribution is -0.112. The Balaban J connectivity index is 1.69. The third-order valence-electron chi connectivity index (χ3n) is 4.36. The molecule has 0 bridgehead atoms. The van der Waals surface area contributed by atoms with E-state index in [2.05, 4.69) is 5.32 Å². The van der Waals surface area contributed by atoms with Crippen molar-refractivity contribution < 1.29 is 14.3 Å². The molecule has 3 aromatic carbocycles. The number of halogens is 3. The predicted octanol–water partition coefficient (Wildman–Crippen LogP) is 6.78. The van der Waals surface area contributed by atoms with Crippen LogP contribution in [-0.4, -0.2) is 13.0 Å². The maximum Gasteiger partial charge on any atom is 0.266 e. The molecule has 1 N–H and O–H groups in total. The van der Waals surface area contributed by atoms with Crippen LogP contribution in [0.1, 0.15) is 11.1 Å². The summed E-state index contributed by atoms with van der Waals surface area (Å²) in [6.45, 7) is 0.250. The Morgan fingerprint density at radius 1 is 1.00 bits per heavy atom. The van der Waals surface area contributed by atoms with Gasteiger partial charge in [-0.3, -0.25) is 4.79 Å². The fraction of sp³-hybridized carbons (Fsp3) is 0.0833. The number of anilines is 1. The van der Waals surface area contributed by atoms with Crippen molar-refractivity contribution in [1.29, 1.82) is 5.26 Å². The van der Waals surface area contributed by atoms with Gasteiger partial charge >= 0.3 is 0 Å². The zero-order valence-electron chi connectivity index (χ0n) is 16.9. The fourth-order valence-corrected chi connectivity index (χ4v) is 3.27. The first-order valence-corrected chi connectivity index (χ1v) is 10.5. The van der Waals surface area contributed by atoms with Crippen LogP contribution in [-0.2, 0) is 11.4 Å². The first-order chi connectivity index (χ1) is 15.4. The Morgan fingerprint density at radius 3 is 2.38 bits per heavy atom. The van der Waals surface area contributed by atoms with Gasteiger partial charge in [-0.25, -0.2) is 0 Å². The summed E-state index contributed by atoms with van der Waals surface area (Å²) in [4.78, 5) is 12.5. The first-order valence-electron chi connectivity index (χ1n) is 9.33. The Bertz CT molecular complexity index is 1200. The molecular weight excluding hydrogens is 471 g/mol. The smallest absolute Gasteiger partial charge is 0.266 e. The summed E-state index contributed by atoms with van der Waals surface area (Å²) < 4.78 is 10.8. The van der Waals surface area contributed by atoms with Gasteiger partial charge in [0.2, 0.25) is 0 Å². The molecule has 1 amide bonds. The van der Waals surface area contributed by atoms with Gasteiger partial charge in [0.1, 0.15) is 29.7 Å². The van der Waals surface area contributed by atoms with Crippen molar-refractivity contribution in [3.05, 3.63) is 92.4 Å². The molecule has 0 fully saturated rings. The minimum absolute atomic E-state index is 0.0682. The van der Waals surface area contributed by atoms with Crippen molar-refractivity contribution in [2.24, 2.45) is 0 Å². The highest BCUT2D eigenvalue weighted by Gasteiger charge is 2.11. The zero-order chi connectivity index (χ0) is 23.1. The van der Waals surface area contributed by atoms with E-state index in [1.807, 2.05) is 6.07 Å². The summed E-state index contributed by atoms with van der Waals surface area (Å²) in [7, 11) is 1.55. The normalized spacial score (nSPS) is 10.9. The van der Waals surface area contributed by atoms with Gasteiger partial charge < -0.3 is 14.8 Å². The number of rotatable bonds is 7. The molecule has 3 rings (SSSR count). The average Bonchev–Trinajstić information content (AvgIpc) is 2.79. The molecule has 5 nitrogen and oxygen atoms in total. The van der Waals surface area contributed by atoms with E-state index >= 15 is 0 Å². The summed E-state index contributed by atoms with van der Waals surface area (Å²) in [5.41, 5.74) is 1.89. The van der Waals surface area contributed by atoms with Gasteiger partial charge in [-0.2, -0.15) is 5.26 Å². The van der Waals surface area contributed by atoms with Crippen molar-refractivity contribution in [3.63, 3.8) is 0 Å². The largest absolute Gasteiger partial charge is 0.497 e. The van der Waals surface area contributed by atoms with Gasteiger partial charge in [-0.1, -0.05) is 46.9 Å². The second-order valence-corrected chi connectivity index (χ2v) is 7.80. The Hall–Kier alpha value is -3.17. The SMILES string of the molecule is COc1ccc(NC(=O)/C(C#N)=C/c2ccc(OCc3ccc(Cl)c(Cl)c3)c(Cl)c2)cc1. The molecule has 0 aliphatic carbocycles.